The van der Waals surface area contributed by atoms with Crippen molar-refractivity contribution in [3.05, 3.63) is 85.1 Å². The van der Waals surface area contributed by atoms with Gasteiger partial charge in [0.25, 0.3) is 0 Å². The van der Waals surface area contributed by atoms with E-state index in [9.17, 15) is 34.5 Å². The number of unbranched alkanes of at least 4 members (excludes halogenated alkanes) is 15. The van der Waals surface area contributed by atoms with E-state index in [-0.39, 0.29) is 25.9 Å². The van der Waals surface area contributed by atoms with Crippen molar-refractivity contribution in [2.24, 2.45) is 0 Å². The molecule has 0 aliphatic carbocycles. The molecule has 0 aromatic heterocycles. The Hall–Kier alpha value is -4.10. The molecule has 392 valence electrons. The third-order valence-corrected chi connectivity index (χ3v) is 11.5. The molecule has 0 spiro atoms. The van der Waals surface area contributed by atoms with Gasteiger partial charge in [-0.05, 0) is 89.9 Å². The first-order valence-corrected chi connectivity index (χ1v) is 26.6. The number of carboxylic acids is 1. The van der Waals surface area contributed by atoms with Gasteiger partial charge in [-0.25, -0.2) is 4.79 Å². The Kier molecular flexibility index (Phi) is 41.1. The van der Waals surface area contributed by atoms with E-state index in [1.807, 2.05) is 0 Å². The summed E-state index contributed by atoms with van der Waals surface area (Å²) in [7, 11) is 0. The number of rotatable bonds is 43. The van der Waals surface area contributed by atoms with Crippen molar-refractivity contribution in [1.82, 2.24) is 0 Å². The summed E-state index contributed by atoms with van der Waals surface area (Å²) < 4.78 is 28.2. The third-order valence-electron chi connectivity index (χ3n) is 11.5. The van der Waals surface area contributed by atoms with Gasteiger partial charge >= 0.3 is 23.9 Å². The number of esters is 3. The van der Waals surface area contributed by atoms with Crippen LogP contribution in [0.4, 0.5) is 0 Å². The lowest BCUT2D eigenvalue weighted by atomic mass is 9.98. The molecule has 0 amide bonds. The van der Waals surface area contributed by atoms with Crippen LogP contribution in [0.3, 0.4) is 0 Å². The van der Waals surface area contributed by atoms with Crippen molar-refractivity contribution in [2.45, 2.75) is 237 Å². The smallest absolute Gasteiger partial charge is 0.335 e. The van der Waals surface area contributed by atoms with Gasteiger partial charge in [-0.1, -0.05) is 176 Å². The van der Waals surface area contributed by atoms with Crippen LogP contribution in [0.1, 0.15) is 201 Å². The Morgan fingerprint density at radius 2 is 0.913 bits per heavy atom. The molecule has 12 nitrogen and oxygen atoms in total. The Labute approximate surface area is 416 Å². The molecule has 0 radical (unpaired) electrons. The van der Waals surface area contributed by atoms with E-state index in [0.29, 0.717) is 19.3 Å². The number of carboxylic acid groups (broad SMARTS) is 1. The second kappa shape index (κ2) is 45.1. The molecule has 0 saturated carbocycles. The van der Waals surface area contributed by atoms with Crippen molar-refractivity contribution < 1.29 is 58.2 Å². The van der Waals surface area contributed by atoms with Crippen LogP contribution >= 0.6 is 0 Å². The summed E-state index contributed by atoms with van der Waals surface area (Å²) >= 11 is 0. The monoisotopic (exact) mass is 969 g/mol. The van der Waals surface area contributed by atoms with Gasteiger partial charge in [0.05, 0.1) is 6.61 Å². The Morgan fingerprint density at radius 3 is 1.42 bits per heavy atom. The fraction of sp³-hybridized carbons (Fsp3) is 0.684. The van der Waals surface area contributed by atoms with Gasteiger partial charge in [0.2, 0.25) is 0 Å². The maximum atomic E-state index is 13.1. The normalized spacial score (nSPS) is 19.3. The van der Waals surface area contributed by atoms with E-state index < -0.39 is 67.3 Å². The molecule has 1 heterocycles. The molecule has 1 fully saturated rings. The second-order valence-corrected chi connectivity index (χ2v) is 17.8. The highest BCUT2D eigenvalue weighted by atomic mass is 16.7. The fourth-order valence-corrected chi connectivity index (χ4v) is 7.43. The maximum absolute atomic E-state index is 13.1. The molecule has 69 heavy (non-hydrogen) atoms. The summed E-state index contributed by atoms with van der Waals surface area (Å²) in [4.78, 5) is 50.8. The van der Waals surface area contributed by atoms with E-state index in [4.69, 9.17) is 23.7 Å². The molecule has 1 aliphatic rings. The van der Waals surface area contributed by atoms with Gasteiger partial charge in [-0.3, -0.25) is 14.4 Å². The van der Waals surface area contributed by atoms with Gasteiger partial charge in [0.15, 0.2) is 24.6 Å². The molecule has 1 aliphatic heterocycles. The lowest BCUT2D eigenvalue weighted by molar-refractivity contribution is -0.301. The van der Waals surface area contributed by atoms with E-state index in [2.05, 4.69) is 106 Å². The molecule has 6 atom stereocenters. The Balaban J connectivity index is 2.77. The molecule has 0 aromatic carbocycles. The third kappa shape index (κ3) is 35.6. The molecule has 1 saturated heterocycles. The van der Waals surface area contributed by atoms with Crippen LogP contribution in [0, 0.1) is 0 Å². The highest BCUT2D eigenvalue weighted by Crippen LogP contribution is 2.26. The number of hydrogen-bond donors (Lipinski definition) is 3. The van der Waals surface area contributed by atoms with Crippen LogP contribution in [0.2, 0.25) is 0 Å². The first-order valence-electron chi connectivity index (χ1n) is 26.6. The summed E-state index contributed by atoms with van der Waals surface area (Å²) in [6, 6.07) is 0. The summed E-state index contributed by atoms with van der Waals surface area (Å²) in [5.41, 5.74) is 0. The van der Waals surface area contributed by atoms with Crippen molar-refractivity contribution in [2.75, 3.05) is 13.2 Å². The maximum Gasteiger partial charge on any atom is 0.335 e. The summed E-state index contributed by atoms with van der Waals surface area (Å²) in [6.07, 6.45) is 44.4. The topological polar surface area (TPSA) is 175 Å². The molecule has 3 N–H and O–H groups in total. The summed E-state index contributed by atoms with van der Waals surface area (Å²) in [5, 5.41) is 31.3. The largest absolute Gasteiger partial charge is 0.479 e. The number of ether oxygens (including phenoxy) is 5. The minimum atomic E-state index is -1.91. The van der Waals surface area contributed by atoms with Crippen molar-refractivity contribution in [1.29, 1.82) is 0 Å². The minimum absolute atomic E-state index is 0.0519. The van der Waals surface area contributed by atoms with E-state index >= 15 is 0 Å². The quantitative estimate of drug-likeness (QED) is 0.0229. The number of aliphatic carboxylic acids is 1. The van der Waals surface area contributed by atoms with Gasteiger partial charge < -0.3 is 39.0 Å². The van der Waals surface area contributed by atoms with Crippen molar-refractivity contribution >= 4 is 23.9 Å². The number of carbonyl (C=O) groups excluding carboxylic acids is 3. The highest BCUT2D eigenvalue weighted by molar-refractivity contribution is 5.74. The number of carbonyl (C=O) groups is 4. The van der Waals surface area contributed by atoms with Crippen LogP contribution in [0.25, 0.3) is 0 Å². The molecular weight excluding hydrogens is 877 g/mol. The first-order chi connectivity index (χ1) is 33.6. The second-order valence-electron chi connectivity index (χ2n) is 17.8. The van der Waals surface area contributed by atoms with E-state index in [1.165, 1.54) is 25.7 Å². The van der Waals surface area contributed by atoms with Crippen LogP contribution in [-0.4, -0.2) is 89.2 Å². The Morgan fingerprint density at radius 1 is 0.493 bits per heavy atom. The average molecular weight is 969 g/mol. The van der Waals surface area contributed by atoms with Crippen molar-refractivity contribution in [3.63, 3.8) is 0 Å². The van der Waals surface area contributed by atoms with Crippen LogP contribution in [0.15, 0.2) is 85.1 Å². The number of aliphatic hydroxyl groups is 2. The zero-order valence-corrected chi connectivity index (χ0v) is 42.8. The van der Waals surface area contributed by atoms with Gasteiger partial charge in [-0.15, -0.1) is 0 Å². The van der Waals surface area contributed by atoms with Crippen LogP contribution in [0.5, 0.6) is 0 Å². The highest BCUT2D eigenvalue weighted by Gasteiger charge is 2.50. The fourth-order valence-electron chi connectivity index (χ4n) is 7.43. The minimum Gasteiger partial charge on any atom is -0.479 e. The number of hydrogen-bond acceptors (Lipinski definition) is 11. The van der Waals surface area contributed by atoms with E-state index in [1.54, 1.807) is 0 Å². The molecular formula is C57H92O12. The predicted octanol–water partition coefficient (Wildman–Crippen LogP) is 12.8. The SMILES string of the molecule is CC/C=C\C/C=C\C/C=C\C/C=C\CCCCC(=O)OCC(COC1OC(C(=O)O)C(O)C(O)C1OC(=O)CCCCCCCCCCC)OC(=O)CCCCCCC/C=C\C/C=C\C/C=C\CC. The zero-order chi connectivity index (χ0) is 50.4. The van der Waals surface area contributed by atoms with Gasteiger partial charge in [-0.2, -0.15) is 0 Å². The molecule has 0 bridgehead atoms. The van der Waals surface area contributed by atoms with Gasteiger partial charge in [0.1, 0.15) is 18.8 Å². The standard InChI is InChI=1S/C57H92O12/c1-4-7-10-13-16-19-21-23-25-27-29-32-34-37-40-43-49(58)65-46-48(67-50(59)44-41-38-36-33-30-28-26-24-22-20-17-14-11-8-5-2)47-66-57-55(53(62)52(61)54(69-57)56(63)64)68-51(60)45-42-39-35-31-18-15-12-9-6-3/h7-8,10-11,16-17,19-20,23-26,29,32,48,52-55,57,61-62H,4-6,9,12-15,18,21-22,27-28,30-31,33-47H2,1-3H3,(H,63,64)/b10-7-,11-8-,19-16-,20-17-,25-23-,26-24-,32-29-. The molecule has 0 aromatic rings. The average Bonchev–Trinajstić information content (AvgIpc) is 3.33. The summed E-state index contributed by atoms with van der Waals surface area (Å²) in [5.74, 6) is -3.21. The summed E-state index contributed by atoms with van der Waals surface area (Å²) in [6.45, 7) is 5.65. The van der Waals surface area contributed by atoms with Crippen molar-refractivity contribution in [3.8, 4) is 0 Å². The van der Waals surface area contributed by atoms with Crippen LogP contribution in [-0.2, 0) is 42.9 Å². The Bertz CT molecular complexity index is 1530. The lowest BCUT2D eigenvalue weighted by Crippen LogP contribution is -2.61. The van der Waals surface area contributed by atoms with Crippen LogP contribution < -0.4 is 0 Å². The predicted molar refractivity (Wildman–Crippen MR) is 275 cm³/mol. The lowest BCUT2D eigenvalue weighted by Gasteiger charge is -2.40. The molecule has 6 unspecified atom stereocenters. The van der Waals surface area contributed by atoms with E-state index in [0.717, 1.165) is 116 Å². The first kappa shape index (κ1) is 62.9. The number of allylic oxidation sites excluding steroid dienone is 14. The van der Waals surface area contributed by atoms with Gasteiger partial charge in [0, 0.05) is 19.3 Å². The number of aliphatic hydroxyl groups excluding tert-OH is 2. The molecule has 1 rings (SSSR count). The zero-order valence-electron chi connectivity index (χ0n) is 42.8. The molecule has 12 heteroatoms.